The van der Waals surface area contributed by atoms with Crippen molar-refractivity contribution < 1.29 is 9.59 Å². The van der Waals surface area contributed by atoms with Crippen LogP contribution in [0.25, 0.3) is 0 Å². The number of Topliss-reactive ketones (excluding diaryl/α,β-unsaturated/α-hetero) is 1. The van der Waals surface area contributed by atoms with E-state index >= 15 is 0 Å². The van der Waals surface area contributed by atoms with Crippen LogP contribution in [0.3, 0.4) is 0 Å². The van der Waals surface area contributed by atoms with Crippen molar-refractivity contribution in [2.75, 3.05) is 5.32 Å². The molecule has 29 heavy (non-hydrogen) atoms. The number of rotatable bonds is 7. The van der Waals surface area contributed by atoms with Crippen LogP contribution in [-0.4, -0.2) is 32.6 Å². The van der Waals surface area contributed by atoms with Gasteiger partial charge in [0.2, 0.25) is 0 Å². The molecule has 0 radical (unpaired) electrons. The zero-order valence-corrected chi connectivity index (χ0v) is 16.8. The molecule has 0 bridgehead atoms. The number of carbonyl (C=O) groups is 2. The Bertz CT molecular complexity index is 1000. The lowest BCUT2D eigenvalue weighted by Crippen LogP contribution is -2.36. The second-order valence-electron chi connectivity index (χ2n) is 7.06. The molecule has 148 valence electrons. The van der Waals surface area contributed by atoms with Crippen molar-refractivity contribution in [2.24, 2.45) is 0 Å². The van der Waals surface area contributed by atoms with Gasteiger partial charge in [-0.25, -0.2) is 9.97 Å². The molecule has 3 aromatic rings. The summed E-state index contributed by atoms with van der Waals surface area (Å²) in [6.45, 7) is 5.99. The molecule has 1 heterocycles. The Morgan fingerprint density at radius 1 is 1.00 bits per heavy atom. The van der Waals surface area contributed by atoms with E-state index < -0.39 is 0 Å². The summed E-state index contributed by atoms with van der Waals surface area (Å²) in [6, 6.07) is 18.7. The number of aromatic nitrogens is 2. The van der Waals surface area contributed by atoms with Gasteiger partial charge < -0.3 is 10.2 Å². The van der Waals surface area contributed by atoms with Crippen molar-refractivity contribution in [3.63, 3.8) is 0 Å². The molecular weight excluding hydrogens is 364 g/mol. The average molecular weight is 388 g/mol. The number of benzene rings is 2. The number of hydrogen-bond donors (Lipinski definition) is 1. The van der Waals surface area contributed by atoms with E-state index in [-0.39, 0.29) is 17.7 Å². The molecule has 0 atom stereocenters. The van der Waals surface area contributed by atoms with E-state index in [0.29, 0.717) is 23.6 Å². The molecule has 1 aromatic heterocycles. The van der Waals surface area contributed by atoms with Gasteiger partial charge in [0, 0.05) is 29.9 Å². The third kappa shape index (κ3) is 5.25. The number of carbonyl (C=O) groups excluding carboxylic acids is 2. The smallest absolute Gasteiger partial charge is 0.273 e. The van der Waals surface area contributed by atoms with E-state index in [1.54, 1.807) is 29.2 Å². The molecule has 0 aliphatic rings. The van der Waals surface area contributed by atoms with Gasteiger partial charge in [0.1, 0.15) is 17.8 Å². The Morgan fingerprint density at radius 2 is 1.76 bits per heavy atom. The van der Waals surface area contributed by atoms with E-state index in [1.165, 1.54) is 13.3 Å². The van der Waals surface area contributed by atoms with E-state index in [0.717, 1.165) is 11.3 Å². The molecule has 6 nitrogen and oxygen atoms in total. The molecule has 1 amide bonds. The molecule has 0 fully saturated rings. The largest absolute Gasteiger partial charge is 0.340 e. The third-order valence-electron chi connectivity index (χ3n) is 4.51. The minimum atomic E-state index is -0.160. The third-order valence-corrected chi connectivity index (χ3v) is 4.51. The summed E-state index contributed by atoms with van der Waals surface area (Å²) >= 11 is 0. The Hall–Kier alpha value is -3.54. The highest BCUT2D eigenvalue weighted by atomic mass is 16.2. The predicted octanol–water partition coefficient (Wildman–Crippen LogP) is 4.47. The highest BCUT2D eigenvalue weighted by molar-refractivity contribution is 5.95. The first-order valence-corrected chi connectivity index (χ1v) is 9.49. The zero-order valence-electron chi connectivity index (χ0n) is 16.8. The highest BCUT2D eigenvalue weighted by Gasteiger charge is 2.21. The maximum absolute atomic E-state index is 13.1. The molecule has 6 heteroatoms. The summed E-state index contributed by atoms with van der Waals surface area (Å²) in [5.74, 6) is 0.319. The van der Waals surface area contributed by atoms with Gasteiger partial charge in [-0.3, -0.25) is 9.59 Å². The van der Waals surface area contributed by atoms with Crippen LogP contribution < -0.4 is 5.32 Å². The number of anilines is 2. The predicted molar refractivity (Wildman–Crippen MR) is 113 cm³/mol. The lowest BCUT2D eigenvalue weighted by atomic mass is 10.1. The van der Waals surface area contributed by atoms with Gasteiger partial charge in [-0.1, -0.05) is 42.5 Å². The highest BCUT2D eigenvalue weighted by Crippen LogP contribution is 2.18. The molecule has 1 N–H and O–H groups in total. The zero-order chi connectivity index (χ0) is 20.8. The minimum Gasteiger partial charge on any atom is -0.340 e. The lowest BCUT2D eigenvalue weighted by Gasteiger charge is -2.26. The number of nitrogens with one attached hydrogen (secondary N) is 1. The Balaban J connectivity index is 1.80. The van der Waals surface area contributed by atoms with Crippen molar-refractivity contribution in [3.8, 4) is 0 Å². The van der Waals surface area contributed by atoms with Crippen LogP contribution in [0.15, 0.2) is 67.0 Å². The van der Waals surface area contributed by atoms with Crippen molar-refractivity contribution in [2.45, 2.75) is 33.4 Å². The fraction of sp³-hybridized carbons (Fsp3) is 0.217. The lowest BCUT2D eigenvalue weighted by molar-refractivity contribution is 0.0684. The standard InChI is InChI=1S/C23H24N4O2/c1-16(2)27(14-18-8-5-4-6-9-18)23(29)21-13-22(25-15-24-21)26-20-11-7-10-19(12-20)17(3)28/h4-13,15-16H,14H2,1-3H3,(H,24,25,26). The van der Waals surface area contributed by atoms with Crippen LogP contribution in [0.5, 0.6) is 0 Å². The number of ketones is 1. The van der Waals surface area contributed by atoms with Crippen molar-refractivity contribution in [1.82, 2.24) is 14.9 Å². The first kappa shape index (κ1) is 20.2. The molecule has 0 saturated heterocycles. The normalized spacial score (nSPS) is 10.6. The molecule has 2 aromatic carbocycles. The topological polar surface area (TPSA) is 75.2 Å². The van der Waals surface area contributed by atoms with Gasteiger partial charge in [-0.05, 0) is 38.5 Å². The average Bonchev–Trinajstić information content (AvgIpc) is 2.72. The molecule has 0 spiro atoms. The second-order valence-corrected chi connectivity index (χ2v) is 7.06. The monoisotopic (exact) mass is 388 g/mol. The summed E-state index contributed by atoms with van der Waals surface area (Å²) in [5.41, 5.74) is 2.70. The fourth-order valence-electron chi connectivity index (χ4n) is 2.92. The van der Waals surface area contributed by atoms with Gasteiger partial charge in [0.25, 0.3) is 5.91 Å². The fourth-order valence-corrected chi connectivity index (χ4v) is 2.92. The van der Waals surface area contributed by atoms with Crippen LogP contribution in [0.4, 0.5) is 11.5 Å². The Morgan fingerprint density at radius 3 is 2.45 bits per heavy atom. The Labute approximate surface area is 170 Å². The summed E-state index contributed by atoms with van der Waals surface area (Å²) in [6.07, 6.45) is 1.37. The van der Waals surface area contributed by atoms with Crippen LogP contribution >= 0.6 is 0 Å². The number of hydrogen-bond acceptors (Lipinski definition) is 5. The van der Waals surface area contributed by atoms with E-state index in [9.17, 15) is 9.59 Å². The van der Waals surface area contributed by atoms with Crippen molar-refractivity contribution in [3.05, 3.63) is 83.8 Å². The van der Waals surface area contributed by atoms with Gasteiger partial charge in [-0.2, -0.15) is 0 Å². The maximum atomic E-state index is 13.1. The number of nitrogens with zero attached hydrogens (tertiary/aromatic N) is 3. The Kier molecular flexibility index (Phi) is 6.34. The van der Waals surface area contributed by atoms with E-state index in [2.05, 4.69) is 15.3 Å². The number of amides is 1. The molecule has 0 saturated carbocycles. The summed E-state index contributed by atoms with van der Waals surface area (Å²) in [4.78, 5) is 34.8. The molecular formula is C23H24N4O2. The molecule has 0 unspecified atom stereocenters. The van der Waals surface area contributed by atoms with Crippen LogP contribution in [0.1, 0.15) is 47.2 Å². The molecule has 0 aliphatic heterocycles. The van der Waals surface area contributed by atoms with Gasteiger partial charge in [-0.15, -0.1) is 0 Å². The van der Waals surface area contributed by atoms with Crippen molar-refractivity contribution in [1.29, 1.82) is 0 Å². The van der Waals surface area contributed by atoms with E-state index in [4.69, 9.17) is 0 Å². The van der Waals surface area contributed by atoms with Gasteiger partial charge in [0.15, 0.2) is 5.78 Å². The SMILES string of the molecule is CC(=O)c1cccc(Nc2cc(C(=O)N(Cc3ccccc3)C(C)C)ncn2)c1. The van der Waals surface area contributed by atoms with Crippen LogP contribution in [0.2, 0.25) is 0 Å². The van der Waals surface area contributed by atoms with Gasteiger partial charge >= 0.3 is 0 Å². The molecule has 0 aliphatic carbocycles. The van der Waals surface area contributed by atoms with Crippen molar-refractivity contribution >= 4 is 23.2 Å². The van der Waals surface area contributed by atoms with E-state index in [1.807, 2.05) is 50.2 Å². The quantitative estimate of drug-likeness (QED) is 0.604. The first-order valence-electron chi connectivity index (χ1n) is 9.49. The minimum absolute atomic E-state index is 0.0132. The van der Waals surface area contributed by atoms with Crippen LogP contribution in [0, 0.1) is 0 Å². The maximum Gasteiger partial charge on any atom is 0.273 e. The van der Waals surface area contributed by atoms with Crippen LogP contribution in [-0.2, 0) is 6.54 Å². The second kappa shape index (κ2) is 9.10. The first-order chi connectivity index (χ1) is 13.9. The summed E-state index contributed by atoms with van der Waals surface area (Å²) in [7, 11) is 0. The molecule has 3 rings (SSSR count). The summed E-state index contributed by atoms with van der Waals surface area (Å²) in [5, 5.41) is 3.14. The summed E-state index contributed by atoms with van der Waals surface area (Å²) < 4.78 is 0. The van der Waals surface area contributed by atoms with Gasteiger partial charge in [0.05, 0.1) is 0 Å².